The highest BCUT2D eigenvalue weighted by atomic mass is 16.3. The molecular weight excluding hydrogens is 246 g/mol. The number of para-hydroxylation sites is 1. The molecule has 0 radical (unpaired) electrons. The summed E-state index contributed by atoms with van der Waals surface area (Å²) >= 11 is 0. The number of rotatable bonds is 7. The summed E-state index contributed by atoms with van der Waals surface area (Å²) < 4.78 is 0. The number of fused-ring (bicyclic) bond motifs is 1. The molecule has 0 saturated carbocycles. The Morgan fingerprint density at radius 1 is 1.15 bits per heavy atom. The van der Waals surface area contributed by atoms with E-state index in [1.54, 1.807) is 6.20 Å². The predicted octanol–water partition coefficient (Wildman–Crippen LogP) is 4.87. The van der Waals surface area contributed by atoms with Crippen LogP contribution in [0.2, 0.25) is 0 Å². The van der Waals surface area contributed by atoms with Gasteiger partial charge in [-0.1, -0.05) is 63.8 Å². The van der Waals surface area contributed by atoms with Crippen LogP contribution in [0, 0.1) is 5.92 Å². The lowest BCUT2D eigenvalue weighted by Gasteiger charge is -2.19. The third kappa shape index (κ3) is 3.57. The van der Waals surface area contributed by atoms with Crippen LogP contribution in [0.15, 0.2) is 36.5 Å². The van der Waals surface area contributed by atoms with Gasteiger partial charge in [0.25, 0.3) is 0 Å². The molecule has 1 aromatic heterocycles. The second-order valence-electron chi connectivity index (χ2n) is 5.59. The number of aliphatic hydroxyl groups is 1. The van der Waals surface area contributed by atoms with Gasteiger partial charge in [-0.05, 0) is 18.4 Å². The molecule has 1 aromatic carbocycles. The predicted molar refractivity (Wildman–Crippen MR) is 84.6 cm³/mol. The van der Waals surface area contributed by atoms with Crippen LogP contribution in [0.5, 0.6) is 0 Å². The standard InChI is InChI=1S/C18H25NO/c1-3-5-8-14(4-2)13-17(20)16-11-6-9-15-10-7-12-19-18(15)16/h6-7,9-12,14,17,20H,3-5,8,13H2,1-2H3. The molecule has 20 heavy (non-hydrogen) atoms. The zero-order valence-electron chi connectivity index (χ0n) is 12.5. The minimum Gasteiger partial charge on any atom is -0.388 e. The summed E-state index contributed by atoms with van der Waals surface area (Å²) in [4.78, 5) is 4.44. The molecule has 2 unspecified atom stereocenters. The Balaban J connectivity index is 2.16. The van der Waals surface area contributed by atoms with Crippen LogP contribution < -0.4 is 0 Å². The van der Waals surface area contributed by atoms with Gasteiger partial charge >= 0.3 is 0 Å². The molecular formula is C18H25NO. The minimum absolute atomic E-state index is 0.407. The third-order valence-corrected chi connectivity index (χ3v) is 4.12. The topological polar surface area (TPSA) is 33.1 Å². The minimum atomic E-state index is -0.407. The first-order chi connectivity index (χ1) is 9.76. The third-order valence-electron chi connectivity index (χ3n) is 4.12. The summed E-state index contributed by atoms with van der Waals surface area (Å²) in [6, 6.07) is 10.1. The van der Waals surface area contributed by atoms with Crippen molar-refractivity contribution in [1.29, 1.82) is 0 Å². The number of aromatic nitrogens is 1. The number of hydrogen-bond donors (Lipinski definition) is 1. The van der Waals surface area contributed by atoms with Gasteiger partial charge in [0.05, 0.1) is 11.6 Å². The molecule has 2 nitrogen and oxygen atoms in total. The Morgan fingerprint density at radius 3 is 2.70 bits per heavy atom. The van der Waals surface area contributed by atoms with Crippen molar-refractivity contribution in [2.75, 3.05) is 0 Å². The van der Waals surface area contributed by atoms with Crippen LogP contribution in [0.3, 0.4) is 0 Å². The molecule has 0 saturated heterocycles. The summed E-state index contributed by atoms with van der Waals surface area (Å²) in [6.45, 7) is 4.44. The molecule has 2 rings (SSSR count). The molecule has 0 aliphatic carbocycles. The zero-order valence-corrected chi connectivity index (χ0v) is 12.5. The van der Waals surface area contributed by atoms with E-state index in [0.29, 0.717) is 5.92 Å². The molecule has 1 heterocycles. The maximum atomic E-state index is 10.6. The molecule has 2 heteroatoms. The molecule has 1 N–H and O–H groups in total. The van der Waals surface area contributed by atoms with Crippen LogP contribution in [-0.4, -0.2) is 10.1 Å². The fourth-order valence-electron chi connectivity index (χ4n) is 2.82. The molecule has 0 amide bonds. The van der Waals surface area contributed by atoms with Crippen molar-refractivity contribution < 1.29 is 5.11 Å². The highest BCUT2D eigenvalue weighted by molar-refractivity contribution is 5.81. The van der Waals surface area contributed by atoms with Crippen molar-refractivity contribution >= 4 is 10.9 Å². The first kappa shape index (κ1) is 15.0. The first-order valence-corrected chi connectivity index (χ1v) is 7.78. The molecule has 0 aliphatic rings. The molecule has 0 aliphatic heterocycles. The molecule has 108 valence electrons. The van der Waals surface area contributed by atoms with E-state index in [9.17, 15) is 5.11 Å². The van der Waals surface area contributed by atoms with Gasteiger partial charge in [0, 0.05) is 17.1 Å². The van der Waals surface area contributed by atoms with E-state index in [-0.39, 0.29) is 0 Å². The van der Waals surface area contributed by atoms with Crippen molar-refractivity contribution in [2.24, 2.45) is 5.92 Å². The molecule has 0 fully saturated rings. The van der Waals surface area contributed by atoms with Crippen LogP contribution in [0.25, 0.3) is 10.9 Å². The lowest BCUT2D eigenvalue weighted by atomic mass is 9.90. The van der Waals surface area contributed by atoms with E-state index < -0.39 is 6.10 Å². The Morgan fingerprint density at radius 2 is 1.95 bits per heavy atom. The van der Waals surface area contributed by atoms with Gasteiger partial charge in [0.1, 0.15) is 0 Å². The fourth-order valence-corrected chi connectivity index (χ4v) is 2.82. The van der Waals surface area contributed by atoms with E-state index in [2.05, 4.69) is 18.8 Å². The van der Waals surface area contributed by atoms with Gasteiger partial charge in [0.15, 0.2) is 0 Å². The summed E-state index contributed by atoms with van der Waals surface area (Å²) in [5.41, 5.74) is 1.91. The van der Waals surface area contributed by atoms with Crippen molar-refractivity contribution in [3.05, 3.63) is 42.1 Å². The van der Waals surface area contributed by atoms with Crippen molar-refractivity contribution in [1.82, 2.24) is 4.98 Å². The second kappa shape index (κ2) is 7.39. The molecule has 0 bridgehead atoms. The molecule has 2 atom stereocenters. The van der Waals surface area contributed by atoms with E-state index >= 15 is 0 Å². The number of hydrogen-bond acceptors (Lipinski definition) is 2. The van der Waals surface area contributed by atoms with Crippen LogP contribution in [0.4, 0.5) is 0 Å². The second-order valence-corrected chi connectivity index (χ2v) is 5.59. The average Bonchev–Trinajstić information content (AvgIpc) is 2.50. The number of unbranched alkanes of at least 4 members (excludes halogenated alkanes) is 1. The summed E-state index contributed by atoms with van der Waals surface area (Å²) in [6.07, 6.45) is 7.05. The van der Waals surface area contributed by atoms with Crippen molar-refractivity contribution in [3.8, 4) is 0 Å². The normalized spacial score (nSPS) is 14.3. The lowest BCUT2D eigenvalue weighted by Crippen LogP contribution is -2.08. The van der Waals surface area contributed by atoms with E-state index in [0.717, 1.165) is 29.3 Å². The van der Waals surface area contributed by atoms with Crippen LogP contribution in [0.1, 0.15) is 57.6 Å². The maximum absolute atomic E-state index is 10.6. The van der Waals surface area contributed by atoms with Crippen LogP contribution >= 0.6 is 0 Å². The van der Waals surface area contributed by atoms with Crippen molar-refractivity contribution in [2.45, 2.75) is 52.1 Å². The molecule has 0 spiro atoms. The SMILES string of the molecule is CCCCC(CC)CC(O)c1cccc2cccnc12. The lowest BCUT2D eigenvalue weighted by molar-refractivity contribution is 0.140. The fraction of sp³-hybridized carbons (Fsp3) is 0.500. The van der Waals surface area contributed by atoms with Gasteiger partial charge in [-0.25, -0.2) is 0 Å². The first-order valence-electron chi connectivity index (χ1n) is 7.78. The van der Waals surface area contributed by atoms with E-state index in [1.807, 2.05) is 30.3 Å². The summed E-state index contributed by atoms with van der Waals surface area (Å²) in [7, 11) is 0. The summed E-state index contributed by atoms with van der Waals surface area (Å²) in [5, 5.41) is 11.7. The van der Waals surface area contributed by atoms with Gasteiger partial charge in [-0.2, -0.15) is 0 Å². The Kier molecular flexibility index (Phi) is 5.54. The smallest absolute Gasteiger partial charge is 0.0813 e. The largest absolute Gasteiger partial charge is 0.388 e. The van der Waals surface area contributed by atoms with Crippen molar-refractivity contribution in [3.63, 3.8) is 0 Å². The average molecular weight is 271 g/mol. The zero-order chi connectivity index (χ0) is 14.4. The monoisotopic (exact) mass is 271 g/mol. The Hall–Kier alpha value is -1.41. The highest BCUT2D eigenvalue weighted by Gasteiger charge is 2.16. The quantitative estimate of drug-likeness (QED) is 0.779. The van der Waals surface area contributed by atoms with Gasteiger partial charge in [-0.15, -0.1) is 0 Å². The Bertz CT molecular complexity index is 532. The van der Waals surface area contributed by atoms with Gasteiger partial charge in [-0.3, -0.25) is 4.98 Å². The molecule has 2 aromatic rings. The summed E-state index contributed by atoms with van der Waals surface area (Å²) in [5.74, 6) is 0.601. The number of benzene rings is 1. The van der Waals surface area contributed by atoms with E-state index in [1.165, 1.54) is 19.3 Å². The maximum Gasteiger partial charge on any atom is 0.0813 e. The number of pyridine rings is 1. The highest BCUT2D eigenvalue weighted by Crippen LogP contribution is 2.30. The van der Waals surface area contributed by atoms with Gasteiger partial charge in [0.2, 0.25) is 0 Å². The number of nitrogens with zero attached hydrogens (tertiary/aromatic N) is 1. The van der Waals surface area contributed by atoms with Gasteiger partial charge < -0.3 is 5.11 Å². The van der Waals surface area contributed by atoms with Crippen LogP contribution in [-0.2, 0) is 0 Å². The number of aliphatic hydroxyl groups excluding tert-OH is 1. The Labute approximate surface area is 121 Å². The van der Waals surface area contributed by atoms with E-state index in [4.69, 9.17) is 0 Å².